The molecule has 2 aromatic carbocycles. The van der Waals surface area contributed by atoms with Crippen molar-refractivity contribution in [1.82, 2.24) is 0 Å². The predicted molar refractivity (Wildman–Crippen MR) is 104 cm³/mol. The highest BCUT2D eigenvalue weighted by molar-refractivity contribution is 5.93. The molecular formula is C21H20F3NO5. The van der Waals surface area contributed by atoms with Crippen molar-refractivity contribution in [3.63, 3.8) is 0 Å². The molecule has 160 valence electrons. The maximum Gasteiger partial charge on any atom is 0.418 e. The number of para-hydroxylation sites is 1. The van der Waals surface area contributed by atoms with Crippen molar-refractivity contribution in [2.75, 3.05) is 25.6 Å². The molecule has 1 N–H and O–H groups in total. The number of carbonyl (C=O) groups is 2. The Bertz CT molecular complexity index is 925. The number of benzene rings is 2. The number of ether oxygens (including phenoxy) is 3. The Morgan fingerprint density at radius 3 is 2.47 bits per heavy atom. The molecule has 0 saturated carbocycles. The van der Waals surface area contributed by atoms with E-state index in [9.17, 15) is 22.8 Å². The molecule has 0 aliphatic carbocycles. The lowest BCUT2D eigenvalue weighted by atomic mass is 10.1. The van der Waals surface area contributed by atoms with E-state index in [2.05, 4.69) is 5.32 Å². The highest BCUT2D eigenvalue weighted by Crippen LogP contribution is 2.34. The predicted octanol–water partition coefficient (Wildman–Crippen LogP) is 4.31. The Labute approximate surface area is 171 Å². The number of anilines is 1. The second-order valence-electron chi connectivity index (χ2n) is 5.95. The number of hydrogen-bond donors (Lipinski definition) is 1. The van der Waals surface area contributed by atoms with Gasteiger partial charge in [-0.15, -0.1) is 0 Å². The third-order valence-corrected chi connectivity index (χ3v) is 3.76. The molecule has 0 heterocycles. The second-order valence-corrected chi connectivity index (χ2v) is 5.95. The van der Waals surface area contributed by atoms with E-state index in [1.54, 1.807) is 18.2 Å². The fraction of sp³-hybridized carbons (Fsp3) is 0.238. The summed E-state index contributed by atoms with van der Waals surface area (Å²) < 4.78 is 54.1. The van der Waals surface area contributed by atoms with Crippen molar-refractivity contribution >= 4 is 23.6 Å². The van der Waals surface area contributed by atoms with Crippen molar-refractivity contribution in [2.24, 2.45) is 0 Å². The highest BCUT2D eigenvalue weighted by Gasteiger charge is 2.33. The Balaban J connectivity index is 1.88. The van der Waals surface area contributed by atoms with Gasteiger partial charge >= 0.3 is 12.1 Å². The van der Waals surface area contributed by atoms with E-state index in [1.165, 1.54) is 19.2 Å². The molecule has 6 nitrogen and oxygen atoms in total. The van der Waals surface area contributed by atoms with Gasteiger partial charge in [-0.25, -0.2) is 4.79 Å². The summed E-state index contributed by atoms with van der Waals surface area (Å²) in [5, 5.41) is 2.08. The molecule has 9 heteroatoms. The number of rotatable bonds is 8. The van der Waals surface area contributed by atoms with Crippen LogP contribution in [0.3, 0.4) is 0 Å². The van der Waals surface area contributed by atoms with E-state index in [4.69, 9.17) is 14.2 Å². The van der Waals surface area contributed by atoms with Crippen molar-refractivity contribution in [3.8, 4) is 11.5 Å². The van der Waals surface area contributed by atoms with Crippen molar-refractivity contribution in [3.05, 3.63) is 59.7 Å². The van der Waals surface area contributed by atoms with Crippen LogP contribution in [0.4, 0.5) is 18.9 Å². The summed E-state index contributed by atoms with van der Waals surface area (Å²) in [5.41, 5.74) is -0.546. The number of carbonyl (C=O) groups excluding carboxylic acids is 2. The molecule has 0 aliphatic rings. The molecule has 0 aliphatic heterocycles. The summed E-state index contributed by atoms with van der Waals surface area (Å²) in [5.74, 6) is -1.08. The van der Waals surface area contributed by atoms with Crippen LogP contribution in [0.5, 0.6) is 11.5 Å². The zero-order valence-electron chi connectivity index (χ0n) is 16.3. The summed E-state index contributed by atoms with van der Waals surface area (Å²) in [6.45, 7) is 0.599. The van der Waals surface area contributed by atoms with Crippen LogP contribution in [0, 0.1) is 0 Å². The van der Waals surface area contributed by atoms with Gasteiger partial charge in [-0.05, 0) is 36.8 Å². The molecule has 0 spiro atoms. The lowest BCUT2D eigenvalue weighted by Gasteiger charge is -2.14. The number of halogens is 3. The van der Waals surface area contributed by atoms with Crippen LogP contribution >= 0.6 is 0 Å². The van der Waals surface area contributed by atoms with E-state index in [0.717, 1.165) is 17.7 Å². The lowest BCUT2D eigenvalue weighted by molar-refractivity contribution is -0.149. The average Bonchev–Trinajstić information content (AvgIpc) is 2.71. The molecule has 0 aromatic heterocycles. The van der Waals surface area contributed by atoms with Crippen LogP contribution in [-0.4, -0.2) is 32.2 Å². The molecule has 0 atom stereocenters. The number of alkyl halides is 3. The zero-order valence-corrected chi connectivity index (χ0v) is 16.3. The number of nitrogens with one attached hydrogen (secondary N) is 1. The first-order valence-corrected chi connectivity index (χ1v) is 8.80. The zero-order chi connectivity index (χ0) is 22.1. The van der Waals surface area contributed by atoms with Crippen molar-refractivity contribution < 1.29 is 37.0 Å². The van der Waals surface area contributed by atoms with E-state index >= 15 is 0 Å². The Morgan fingerprint density at radius 2 is 1.80 bits per heavy atom. The second kappa shape index (κ2) is 10.3. The third kappa shape index (κ3) is 6.54. The van der Waals surface area contributed by atoms with Gasteiger partial charge in [0.25, 0.3) is 5.91 Å². The van der Waals surface area contributed by atoms with Gasteiger partial charge in [0.15, 0.2) is 24.7 Å². The summed E-state index contributed by atoms with van der Waals surface area (Å²) >= 11 is 0. The topological polar surface area (TPSA) is 73.9 Å². The van der Waals surface area contributed by atoms with E-state index in [0.29, 0.717) is 11.5 Å². The van der Waals surface area contributed by atoms with Crippen molar-refractivity contribution in [1.29, 1.82) is 0 Å². The largest absolute Gasteiger partial charge is 0.493 e. The molecule has 2 aromatic rings. The van der Waals surface area contributed by atoms with E-state index in [1.807, 2.05) is 19.1 Å². The molecule has 0 bridgehead atoms. The summed E-state index contributed by atoms with van der Waals surface area (Å²) in [4.78, 5) is 23.7. The fourth-order valence-corrected chi connectivity index (χ4v) is 2.45. The quantitative estimate of drug-likeness (QED) is 0.641. The van der Waals surface area contributed by atoms with Gasteiger partial charge in [0.1, 0.15) is 0 Å². The monoisotopic (exact) mass is 423 g/mol. The standard InChI is InChI=1S/C21H20F3NO5/c1-3-6-14-9-10-17(18(11-14)28-2)29-13-20(27)30-12-19(26)25-16-8-5-4-7-15(16)21(22,23)24/h3-11H,12-13H2,1-2H3,(H,25,26)/b6-3+. The van der Waals surface area contributed by atoms with Crippen LogP contribution < -0.4 is 14.8 Å². The summed E-state index contributed by atoms with van der Waals surface area (Å²) in [6, 6.07) is 9.58. The van der Waals surface area contributed by atoms with Crippen LogP contribution in [0.25, 0.3) is 6.08 Å². The maximum atomic E-state index is 12.9. The van der Waals surface area contributed by atoms with Gasteiger partial charge in [0.2, 0.25) is 0 Å². The fourth-order valence-electron chi connectivity index (χ4n) is 2.45. The minimum atomic E-state index is -4.63. The van der Waals surface area contributed by atoms with Gasteiger partial charge in [0.05, 0.1) is 18.4 Å². The lowest BCUT2D eigenvalue weighted by Crippen LogP contribution is -2.24. The molecule has 0 fully saturated rings. The number of methoxy groups -OCH3 is 1. The van der Waals surface area contributed by atoms with Gasteiger partial charge in [-0.2, -0.15) is 13.2 Å². The van der Waals surface area contributed by atoms with Crippen LogP contribution in [0.15, 0.2) is 48.5 Å². The van der Waals surface area contributed by atoms with Crippen molar-refractivity contribution in [2.45, 2.75) is 13.1 Å². The van der Waals surface area contributed by atoms with Crippen LogP contribution in [0.2, 0.25) is 0 Å². The van der Waals surface area contributed by atoms with Gasteiger partial charge in [-0.1, -0.05) is 30.4 Å². The SMILES string of the molecule is C/C=C/c1ccc(OCC(=O)OCC(=O)Nc2ccccc2C(F)(F)F)c(OC)c1. The Morgan fingerprint density at radius 1 is 1.07 bits per heavy atom. The van der Waals surface area contributed by atoms with Gasteiger partial charge < -0.3 is 19.5 Å². The Kier molecular flexibility index (Phi) is 7.85. The van der Waals surface area contributed by atoms with E-state index < -0.39 is 42.5 Å². The smallest absolute Gasteiger partial charge is 0.418 e. The van der Waals surface area contributed by atoms with E-state index in [-0.39, 0.29) is 0 Å². The normalized spacial score (nSPS) is 11.2. The number of allylic oxidation sites excluding steroid dienone is 1. The van der Waals surface area contributed by atoms with Gasteiger partial charge in [0, 0.05) is 0 Å². The van der Waals surface area contributed by atoms with Crippen LogP contribution in [-0.2, 0) is 20.5 Å². The van der Waals surface area contributed by atoms with Gasteiger partial charge in [-0.3, -0.25) is 4.79 Å². The number of amides is 1. The van der Waals surface area contributed by atoms with Crippen LogP contribution in [0.1, 0.15) is 18.1 Å². The molecular weight excluding hydrogens is 403 g/mol. The molecule has 1 amide bonds. The minimum absolute atomic E-state index is 0.297. The first-order chi connectivity index (χ1) is 14.2. The number of esters is 1. The minimum Gasteiger partial charge on any atom is -0.493 e. The molecule has 30 heavy (non-hydrogen) atoms. The molecule has 0 unspecified atom stereocenters. The molecule has 0 radical (unpaired) electrons. The summed E-state index contributed by atoms with van der Waals surface area (Å²) in [6.07, 6.45) is -0.920. The maximum absolute atomic E-state index is 12.9. The average molecular weight is 423 g/mol. The molecule has 2 rings (SSSR count). The first kappa shape index (κ1) is 22.8. The summed E-state index contributed by atoms with van der Waals surface area (Å²) in [7, 11) is 1.45. The Hall–Kier alpha value is -3.49. The molecule has 0 saturated heterocycles. The highest BCUT2D eigenvalue weighted by atomic mass is 19.4. The number of hydrogen-bond acceptors (Lipinski definition) is 5. The first-order valence-electron chi connectivity index (χ1n) is 8.80. The third-order valence-electron chi connectivity index (χ3n) is 3.76.